The number of nitrogens with zero attached hydrogens (tertiary/aromatic N) is 4. The third-order valence-electron chi connectivity index (χ3n) is 5.00. The van der Waals surface area contributed by atoms with Crippen molar-refractivity contribution >= 4 is 23.4 Å². The van der Waals surface area contributed by atoms with Gasteiger partial charge in [-0.1, -0.05) is 43.6 Å². The molecule has 1 saturated heterocycles. The first-order chi connectivity index (χ1) is 13.4. The maximum Gasteiger partial charge on any atom is 0.327 e. The Kier molecular flexibility index (Phi) is 6.52. The second kappa shape index (κ2) is 8.88. The lowest BCUT2D eigenvalue weighted by molar-refractivity contribution is -0.147. The number of halogens is 1. The first kappa shape index (κ1) is 20.6. The van der Waals surface area contributed by atoms with Crippen molar-refractivity contribution in [2.24, 2.45) is 0 Å². The van der Waals surface area contributed by atoms with Crippen LogP contribution in [0.2, 0.25) is 5.02 Å². The van der Waals surface area contributed by atoms with Gasteiger partial charge >= 0.3 is 5.97 Å². The van der Waals surface area contributed by atoms with E-state index in [1.165, 1.54) is 7.11 Å². The van der Waals surface area contributed by atoms with E-state index in [2.05, 4.69) is 28.6 Å². The van der Waals surface area contributed by atoms with Gasteiger partial charge in [0.15, 0.2) is 0 Å². The summed E-state index contributed by atoms with van der Waals surface area (Å²) in [6.07, 6.45) is 0. The molecule has 0 bridgehead atoms. The molecular formula is C21H27ClN4O2. The SMILES string of the molecule is COC(=O)C(c1ccccc1Cl)N1CCN(c2cc(C)nc(C(C)C)n2)CC1. The summed E-state index contributed by atoms with van der Waals surface area (Å²) in [6.45, 7) is 9.16. The van der Waals surface area contributed by atoms with E-state index in [1.807, 2.05) is 31.2 Å². The normalized spacial score (nSPS) is 16.3. The molecule has 1 unspecified atom stereocenters. The topological polar surface area (TPSA) is 58.6 Å². The maximum absolute atomic E-state index is 12.5. The summed E-state index contributed by atoms with van der Waals surface area (Å²) in [4.78, 5) is 26.2. The predicted octanol–water partition coefficient (Wildman–Crippen LogP) is 3.60. The van der Waals surface area contributed by atoms with Crippen LogP contribution in [0.25, 0.3) is 0 Å². The third kappa shape index (κ3) is 4.45. The van der Waals surface area contributed by atoms with E-state index in [4.69, 9.17) is 21.3 Å². The molecule has 1 aliphatic heterocycles. The van der Waals surface area contributed by atoms with Crippen molar-refractivity contribution < 1.29 is 9.53 Å². The van der Waals surface area contributed by atoms with Crippen molar-refractivity contribution in [3.8, 4) is 0 Å². The first-order valence-electron chi connectivity index (χ1n) is 9.57. The molecule has 150 valence electrons. The molecule has 1 fully saturated rings. The highest BCUT2D eigenvalue weighted by Gasteiger charge is 2.33. The number of aryl methyl sites for hydroxylation is 1. The summed E-state index contributed by atoms with van der Waals surface area (Å²) >= 11 is 6.37. The van der Waals surface area contributed by atoms with E-state index in [9.17, 15) is 4.79 Å². The number of hydrogen-bond acceptors (Lipinski definition) is 6. The molecule has 6 nitrogen and oxygen atoms in total. The summed E-state index contributed by atoms with van der Waals surface area (Å²) in [5.74, 6) is 1.80. The minimum atomic E-state index is -0.501. The van der Waals surface area contributed by atoms with Crippen molar-refractivity contribution in [2.75, 3.05) is 38.2 Å². The van der Waals surface area contributed by atoms with Crippen LogP contribution in [0.4, 0.5) is 5.82 Å². The summed E-state index contributed by atoms with van der Waals surface area (Å²) < 4.78 is 5.07. The summed E-state index contributed by atoms with van der Waals surface area (Å²) in [5, 5.41) is 0.577. The number of methoxy groups -OCH3 is 1. The fraction of sp³-hybridized carbons (Fsp3) is 0.476. The highest BCUT2D eigenvalue weighted by atomic mass is 35.5. The number of carbonyl (C=O) groups is 1. The molecule has 0 aliphatic carbocycles. The third-order valence-corrected chi connectivity index (χ3v) is 5.35. The molecular weight excluding hydrogens is 376 g/mol. The zero-order chi connectivity index (χ0) is 20.3. The summed E-state index contributed by atoms with van der Waals surface area (Å²) in [7, 11) is 1.42. The number of ether oxygens (including phenoxy) is 1. The zero-order valence-electron chi connectivity index (χ0n) is 16.9. The van der Waals surface area contributed by atoms with Crippen LogP contribution in [-0.4, -0.2) is 54.1 Å². The predicted molar refractivity (Wildman–Crippen MR) is 111 cm³/mol. The van der Waals surface area contributed by atoms with Crippen LogP contribution >= 0.6 is 11.6 Å². The van der Waals surface area contributed by atoms with Crippen LogP contribution in [0.1, 0.15) is 42.9 Å². The number of piperazine rings is 1. The van der Waals surface area contributed by atoms with Crippen LogP contribution in [0, 0.1) is 6.92 Å². The van der Waals surface area contributed by atoms with E-state index in [-0.39, 0.29) is 11.9 Å². The Balaban J connectivity index is 1.78. The van der Waals surface area contributed by atoms with E-state index < -0.39 is 6.04 Å². The Bertz CT molecular complexity index is 835. The highest BCUT2D eigenvalue weighted by molar-refractivity contribution is 6.31. The molecule has 3 rings (SSSR count). The fourth-order valence-corrected chi connectivity index (χ4v) is 3.72. The van der Waals surface area contributed by atoms with E-state index in [1.54, 1.807) is 6.07 Å². The Hall–Kier alpha value is -2.18. The smallest absolute Gasteiger partial charge is 0.327 e. The van der Waals surface area contributed by atoms with Gasteiger partial charge in [-0.25, -0.2) is 14.8 Å². The molecule has 28 heavy (non-hydrogen) atoms. The van der Waals surface area contributed by atoms with Gasteiger partial charge in [0.1, 0.15) is 17.7 Å². The number of carbonyl (C=O) groups excluding carboxylic acids is 1. The van der Waals surface area contributed by atoms with Gasteiger partial charge in [0.25, 0.3) is 0 Å². The van der Waals surface area contributed by atoms with Crippen LogP contribution in [0.3, 0.4) is 0 Å². The minimum Gasteiger partial charge on any atom is -0.468 e. The Morgan fingerprint density at radius 2 is 1.82 bits per heavy atom. The maximum atomic E-state index is 12.5. The Morgan fingerprint density at radius 3 is 2.43 bits per heavy atom. The average Bonchev–Trinajstić information content (AvgIpc) is 2.69. The molecule has 1 atom stereocenters. The van der Waals surface area contributed by atoms with Crippen molar-refractivity contribution in [1.29, 1.82) is 0 Å². The molecule has 1 aromatic carbocycles. The first-order valence-corrected chi connectivity index (χ1v) is 9.95. The second-order valence-electron chi connectivity index (χ2n) is 7.35. The number of anilines is 1. The minimum absolute atomic E-state index is 0.281. The molecule has 0 saturated carbocycles. The molecule has 0 amide bonds. The molecule has 2 aromatic rings. The highest BCUT2D eigenvalue weighted by Crippen LogP contribution is 2.30. The lowest BCUT2D eigenvalue weighted by atomic mass is 10.0. The average molecular weight is 403 g/mol. The lowest BCUT2D eigenvalue weighted by Gasteiger charge is -2.39. The molecule has 0 N–H and O–H groups in total. The molecule has 0 spiro atoms. The van der Waals surface area contributed by atoms with Crippen LogP contribution in [0.5, 0.6) is 0 Å². The zero-order valence-corrected chi connectivity index (χ0v) is 17.6. The van der Waals surface area contributed by atoms with Crippen molar-refractivity contribution in [3.63, 3.8) is 0 Å². The Morgan fingerprint density at radius 1 is 1.14 bits per heavy atom. The van der Waals surface area contributed by atoms with E-state index in [0.717, 1.165) is 36.0 Å². The van der Waals surface area contributed by atoms with Gasteiger partial charge < -0.3 is 9.64 Å². The Labute approximate surface area is 171 Å². The monoisotopic (exact) mass is 402 g/mol. The second-order valence-corrected chi connectivity index (χ2v) is 7.76. The van der Waals surface area contributed by atoms with Gasteiger partial charge in [-0.3, -0.25) is 4.90 Å². The standard InChI is InChI=1S/C21H27ClN4O2/c1-14(2)20-23-15(3)13-18(24-20)25-9-11-26(12-10-25)19(21(27)28-4)16-7-5-6-8-17(16)22/h5-8,13-14,19H,9-12H2,1-4H3. The van der Waals surface area contributed by atoms with Gasteiger partial charge in [-0.05, 0) is 18.6 Å². The molecule has 2 heterocycles. The van der Waals surface area contributed by atoms with Gasteiger partial charge in [-0.15, -0.1) is 0 Å². The van der Waals surface area contributed by atoms with Crippen molar-refractivity contribution in [3.05, 3.63) is 52.4 Å². The number of benzene rings is 1. The van der Waals surface area contributed by atoms with Crippen molar-refractivity contribution in [1.82, 2.24) is 14.9 Å². The summed E-state index contributed by atoms with van der Waals surface area (Å²) in [5.41, 5.74) is 1.75. The number of esters is 1. The molecule has 0 radical (unpaired) electrons. The molecule has 7 heteroatoms. The van der Waals surface area contributed by atoms with Crippen LogP contribution in [-0.2, 0) is 9.53 Å². The van der Waals surface area contributed by atoms with Gasteiger partial charge in [0, 0.05) is 48.9 Å². The largest absolute Gasteiger partial charge is 0.468 e. The van der Waals surface area contributed by atoms with Gasteiger partial charge in [0.2, 0.25) is 0 Å². The molecule has 1 aromatic heterocycles. The van der Waals surface area contributed by atoms with Crippen LogP contribution < -0.4 is 4.90 Å². The van der Waals surface area contributed by atoms with E-state index in [0.29, 0.717) is 18.1 Å². The number of aromatic nitrogens is 2. The fourth-order valence-electron chi connectivity index (χ4n) is 3.49. The van der Waals surface area contributed by atoms with E-state index >= 15 is 0 Å². The van der Waals surface area contributed by atoms with Gasteiger partial charge in [-0.2, -0.15) is 0 Å². The number of rotatable bonds is 5. The lowest BCUT2D eigenvalue weighted by Crippen LogP contribution is -2.49. The number of hydrogen-bond donors (Lipinski definition) is 0. The summed E-state index contributed by atoms with van der Waals surface area (Å²) in [6, 6.07) is 8.97. The molecule has 1 aliphatic rings. The van der Waals surface area contributed by atoms with Gasteiger partial charge in [0.05, 0.1) is 7.11 Å². The van der Waals surface area contributed by atoms with Crippen LogP contribution in [0.15, 0.2) is 30.3 Å². The van der Waals surface area contributed by atoms with Crippen molar-refractivity contribution in [2.45, 2.75) is 32.7 Å². The quantitative estimate of drug-likeness (QED) is 0.712.